The Morgan fingerprint density at radius 2 is 1.83 bits per heavy atom. The topological polar surface area (TPSA) is 95.6 Å². The van der Waals surface area contributed by atoms with Crippen molar-refractivity contribution in [2.45, 2.75) is 24.6 Å². The Labute approximate surface area is 178 Å². The number of nitrogens with zero attached hydrogens (tertiary/aromatic N) is 1. The van der Waals surface area contributed by atoms with Gasteiger partial charge in [-0.1, -0.05) is 18.2 Å². The number of rotatable bonds is 4. The molecule has 0 bridgehead atoms. The van der Waals surface area contributed by atoms with E-state index in [1.54, 1.807) is 36.1 Å². The number of urea groups is 1. The van der Waals surface area contributed by atoms with E-state index in [2.05, 4.69) is 5.32 Å². The lowest BCUT2D eigenvalue weighted by Gasteiger charge is -2.19. The van der Waals surface area contributed by atoms with E-state index < -0.39 is 16.1 Å². The molecule has 0 aliphatic carbocycles. The lowest BCUT2D eigenvalue weighted by Crippen LogP contribution is -2.34. The molecule has 9 heteroatoms. The minimum absolute atomic E-state index is 0.0653. The molecule has 0 fully saturated rings. The van der Waals surface area contributed by atoms with Crippen LogP contribution in [0.4, 0.5) is 16.2 Å². The lowest BCUT2D eigenvalue weighted by atomic mass is 10.1. The molecule has 154 valence electrons. The molecule has 0 atom stereocenters. The van der Waals surface area contributed by atoms with E-state index in [0.29, 0.717) is 17.8 Å². The van der Waals surface area contributed by atoms with E-state index in [9.17, 15) is 18.0 Å². The van der Waals surface area contributed by atoms with Crippen molar-refractivity contribution in [2.24, 2.45) is 0 Å². The van der Waals surface area contributed by atoms with Gasteiger partial charge in [0.25, 0.3) is 15.9 Å². The van der Waals surface area contributed by atoms with Crippen LogP contribution in [0.25, 0.3) is 0 Å². The summed E-state index contributed by atoms with van der Waals surface area (Å²) in [5.74, 6) is -0.0653. The summed E-state index contributed by atoms with van der Waals surface area (Å²) in [6, 6.07) is 14.8. The molecule has 7 nitrogen and oxygen atoms in total. The summed E-state index contributed by atoms with van der Waals surface area (Å²) >= 11 is 1.09. The van der Waals surface area contributed by atoms with Crippen molar-refractivity contribution in [2.75, 3.05) is 10.2 Å². The van der Waals surface area contributed by atoms with Gasteiger partial charge in [0.15, 0.2) is 0 Å². The SMILES string of the molecule is Cc1ccc(S(=O)(=O)NC(=O)Nc2ccc(N3Cc4ccccc4C3=O)c(C)c2)s1. The summed E-state index contributed by atoms with van der Waals surface area (Å²) in [6.45, 7) is 4.11. The van der Waals surface area contributed by atoms with E-state index in [1.807, 2.05) is 35.9 Å². The Morgan fingerprint density at radius 1 is 1.07 bits per heavy atom. The highest BCUT2D eigenvalue weighted by molar-refractivity contribution is 7.92. The highest BCUT2D eigenvalue weighted by Crippen LogP contribution is 2.31. The molecule has 0 spiro atoms. The second kappa shape index (κ2) is 7.58. The first-order chi connectivity index (χ1) is 14.2. The molecule has 3 aromatic rings. The summed E-state index contributed by atoms with van der Waals surface area (Å²) in [7, 11) is -3.92. The fourth-order valence-electron chi connectivity index (χ4n) is 3.37. The number of hydrogen-bond donors (Lipinski definition) is 2. The van der Waals surface area contributed by atoms with Gasteiger partial charge in [-0.3, -0.25) is 4.79 Å². The van der Waals surface area contributed by atoms with Crippen LogP contribution < -0.4 is 14.9 Å². The smallest absolute Gasteiger partial charge is 0.307 e. The summed E-state index contributed by atoms with van der Waals surface area (Å²) in [5, 5.41) is 2.53. The molecule has 1 aromatic heterocycles. The van der Waals surface area contributed by atoms with Gasteiger partial charge in [-0.05, 0) is 61.4 Å². The standard InChI is InChI=1S/C21H19N3O4S2/c1-13-11-16(22-21(26)23-30(27,28)19-10-7-14(2)29-19)8-9-18(13)24-12-15-5-3-4-6-17(15)20(24)25/h3-11H,12H2,1-2H3,(H2,22,23,26). The van der Waals surface area contributed by atoms with Crippen LogP contribution in [-0.4, -0.2) is 20.4 Å². The first kappa shape index (κ1) is 20.1. The van der Waals surface area contributed by atoms with Crippen LogP contribution >= 0.6 is 11.3 Å². The van der Waals surface area contributed by atoms with E-state index in [-0.39, 0.29) is 10.1 Å². The maximum absolute atomic E-state index is 12.7. The van der Waals surface area contributed by atoms with Gasteiger partial charge in [0, 0.05) is 21.8 Å². The fraction of sp³-hybridized carbons (Fsp3) is 0.143. The van der Waals surface area contributed by atoms with Crippen LogP contribution in [-0.2, 0) is 16.6 Å². The van der Waals surface area contributed by atoms with Crippen molar-refractivity contribution in [3.8, 4) is 0 Å². The largest absolute Gasteiger partial charge is 0.333 e. The first-order valence-electron chi connectivity index (χ1n) is 9.15. The van der Waals surface area contributed by atoms with Gasteiger partial charge in [-0.2, -0.15) is 0 Å². The quantitative estimate of drug-likeness (QED) is 0.639. The predicted molar refractivity (Wildman–Crippen MR) is 117 cm³/mol. The molecule has 1 aliphatic heterocycles. The Bertz CT molecular complexity index is 1260. The van der Waals surface area contributed by atoms with Crippen LogP contribution in [0.2, 0.25) is 0 Å². The molecule has 2 aromatic carbocycles. The lowest BCUT2D eigenvalue weighted by molar-refractivity contribution is 0.0996. The average molecular weight is 442 g/mol. The van der Waals surface area contributed by atoms with Gasteiger partial charge >= 0.3 is 6.03 Å². The van der Waals surface area contributed by atoms with Gasteiger partial charge in [0.05, 0.1) is 6.54 Å². The highest BCUT2D eigenvalue weighted by Gasteiger charge is 2.29. The summed E-state index contributed by atoms with van der Waals surface area (Å²) in [6.07, 6.45) is 0. The molecule has 1 aliphatic rings. The zero-order valence-corrected chi connectivity index (χ0v) is 17.9. The van der Waals surface area contributed by atoms with Crippen LogP contribution in [0, 0.1) is 13.8 Å². The van der Waals surface area contributed by atoms with Crippen molar-refractivity contribution >= 4 is 44.7 Å². The Morgan fingerprint density at radius 3 is 2.50 bits per heavy atom. The highest BCUT2D eigenvalue weighted by atomic mass is 32.2. The van der Waals surface area contributed by atoms with E-state index in [4.69, 9.17) is 0 Å². The molecular formula is C21H19N3O4S2. The number of aryl methyl sites for hydroxylation is 2. The van der Waals surface area contributed by atoms with Crippen molar-refractivity contribution in [3.05, 3.63) is 76.2 Å². The molecule has 0 unspecified atom stereocenters. The number of thiophene rings is 1. The third kappa shape index (κ3) is 3.81. The summed E-state index contributed by atoms with van der Waals surface area (Å²) in [4.78, 5) is 27.4. The van der Waals surface area contributed by atoms with Gasteiger partial charge < -0.3 is 10.2 Å². The first-order valence-corrected chi connectivity index (χ1v) is 11.5. The third-order valence-corrected chi connectivity index (χ3v) is 7.60. The van der Waals surface area contributed by atoms with E-state index >= 15 is 0 Å². The molecule has 0 saturated carbocycles. The average Bonchev–Trinajstić information content (AvgIpc) is 3.26. The molecular weight excluding hydrogens is 422 g/mol. The molecule has 2 N–H and O–H groups in total. The summed E-state index contributed by atoms with van der Waals surface area (Å²) in [5.41, 5.74) is 3.61. The predicted octanol–water partition coefficient (Wildman–Crippen LogP) is 4.04. The van der Waals surface area contributed by atoms with Crippen molar-refractivity contribution in [1.82, 2.24) is 4.72 Å². The maximum atomic E-state index is 12.7. The van der Waals surface area contributed by atoms with Gasteiger partial charge in [0.2, 0.25) is 0 Å². The number of carbonyl (C=O) groups excluding carboxylic acids is 2. The fourth-order valence-corrected chi connectivity index (χ4v) is 5.56. The molecule has 0 radical (unpaired) electrons. The molecule has 2 heterocycles. The van der Waals surface area contributed by atoms with Crippen LogP contribution in [0.15, 0.2) is 58.8 Å². The van der Waals surface area contributed by atoms with Crippen LogP contribution in [0.5, 0.6) is 0 Å². The van der Waals surface area contributed by atoms with Gasteiger partial charge in [0.1, 0.15) is 4.21 Å². The molecule has 3 amide bonds. The Balaban J connectivity index is 1.48. The Kier molecular flexibility index (Phi) is 5.08. The molecule has 0 saturated heterocycles. The van der Waals surface area contributed by atoms with Gasteiger partial charge in [-0.25, -0.2) is 17.9 Å². The zero-order valence-electron chi connectivity index (χ0n) is 16.3. The Hall–Kier alpha value is -3.17. The zero-order chi connectivity index (χ0) is 21.5. The van der Waals surface area contributed by atoms with Gasteiger partial charge in [-0.15, -0.1) is 11.3 Å². The number of hydrogen-bond acceptors (Lipinski definition) is 5. The number of fused-ring (bicyclic) bond motifs is 1. The number of sulfonamides is 1. The van der Waals surface area contributed by atoms with Crippen molar-refractivity contribution < 1.29 is 18.0 Å². The van der Waals surface area contributed by atoms with E-state index in [1.165, 1.54) is 6.07 Å². The van der Waals surface area contributed by atoms with Crippen molar-refractivity contribution in [1.29, 1.82) is 0 Å². The van der Waals surface area contributed by atoms with Crippen LogP contribution in [0.3, 0.4) is 0 Å². The van der Waals surface area contributed by atoms with E-state index in [0.717, 1.165) is 33.0 Å². The van der Waals surface area contributed by atoms with Crippen LogP contribution in [0.1, 0.15) is 26.4 Å². The number of benzene rings is 2. The maximum Gasteiger partial charge on any atom is 0.333 e. The number of carbonyl (C=O) groups is 2. The second-order valence-corrected chi connectivity index (χ2v) is 10.2. The number of anilines is 2. The monoisotopic (exact) mass is 441 g/mol. The number of nitrogens with one attached hydrogen (secondary N) is 2. The normalized spacial score (nSPS) is 13.3. The van der Waals surface area contributed by atoms with Crippen molar-refractivity contribution in [3.63, 3.8) is 0 Å². The molecule has 30 heavy (non-hydrogen) atoms. The minimum atomic E-state index is -3.92. The third-order valence-electron chi connectivity index (χ3n) is 4.77. The molecule has 4 rings (SSSR count). The number of amides is 3. The minimum Gasteiger partial charge on any atom is -0.307 e. The summed E-state index contributed by atoms with van der Waals surface area (Å²) < 4.78 is 26.6. The second-order valence-electron chi connectivity index (χ2n) is 6.97.